The molecule has 1 heterocycles. The maximum Gasteiger partial charge on any atom is 0.230 e. The molecule has 2 fully saturated rings. The number of aromatic nitrogens is 2. The summed E-state index contributed by atoms with van der Waals surface area (Å²) in [6.07, 6.45) is 12.6. The maximum absolute atomic E-state index is 12.8. The number of hydrogen-bond acceptors (Lipinski definition) is 4. The van der Waals surface area contributed by atoms with Crippen molar-refractivity contribution in [3.05, 3.63) is 42.5 Å². The topological polar surface area (TPSA) is 86.9 Å². The molecule has 5 rings (SSSR count). The van der Waals surface area contributed by atoms with Gasteiger partial charge in [-0.1, -0.05) is 52.4 Å². The van der Waals surface area contributed by atoms with E-state index < -0.39 is 0 Å². The van der Waals surface area contributed by atoms with Crippen LogP contribution in [0.2, 0.25) is 0 Å². The van der Waals surface area contributed by atoms with Crippen molar-refractivity contribution in [2.24, 2.45) is 10.8 Å². The van der Waals surface area contributed by atoms with E-state index in [9.17, 15) is 9.59 Å². The summed E-state index contributed by atoms with van der Waals surface area (Å²) >= 11 is 0. The molecule has 0 bridgehead atoms. The van der Waals surface area contributed by atoms with Crippen LogP contribution in [0.15, 0.2) is 42.5 Å². The Balaban J connectivity index is 0.000000286. The number of carbonyl (C=O) groups is 2. The third kappa shape index (κ3) is 6.15. The molecule has 0 saturated heterocycles. The number of rotatable bonds is 5. The average Bonchev–Trinajstić information content (AvgIpc) is 3.33. The Morgan fingerprint density at radius 3 is 2.08 bits per heavy atom. The second kappa shape index (κ2) is 11.3. The summed E-state index contributed by atoms with van der Waals surface area (Å²) in [6.45, 7) is 4.16. The van der Waals surface area contributed by atoms with E-state index in [1.807, 2.05) is 49.5 Å². The molecule has 36 heavy (non-hydrogen) atoms. The van der Waals surface area contributed by atoms with E-state index in [-0.39, 0.29) is 16.7 Å². The standard InChI is InChI=1S/C22H26N4O.C8H14O/c1-22(12-4-3-5-13-22)21(27)24-17-10-11-18-19(14-17)26-20(25-18)15-6-8-16(23-2)9-7-15;1-8(7-9)5-3-2-4-6-8/h6-11,14,23H,3-5,12-13H2,1-2H3,(H,24,27)(H,25,26);7H,2-6H2,1H3. The summed E-state index contributed by atoms with van der Waals surface area (Å²) in [5.41, 5.74) is 4.53. The third-order valence-corrected chi connectivity index (χ3v) is 7.97. The Morgan fingerprint density at radius 1 is 0.889 bits per heavy atom. The van der Waals surface area contributed by atoms with Crippen LogP contribution in [0.25, 0.3) is 22.4 Å². The highest BCUT2D eigenvalue weighted by molar-refractivity contribution is 5.97. The lowest BCUT2D eigenvalue weighted by Crippen LogP contribution is -2.35. The molecule has 0 unspecified atom stereocenters. The molecule has 192 valence electrons. The largest absolute Gasteiger partial charge is 0.388 e. The van der Waals surface area contributed by atoms with Gasteiger partial charge in [-0.15, -0.1) is 0 Å². The summed E-state index contributed by atoms with van der Waals surface area (Å²) in [7, 11) is 1.90. The van der Waals surface area contributed by atoms with Gasteiger partial charge in [0.25, 0.3) is 0 Å². The molecule has 6 nitrogen and oxygen atoms in total. The molecule has 0 atom stereocenters. The number of hydrogen-bond donors (Lipinski definition) is 3. The predicted octanol–water partition coefficient (Wildman–Crippen LogP) is 7.34. The molecule has 2 aliphatic carbocycles. The molecule has 3 aromatic rings. The number of aromatic amines is 1. The molecule has 1 aromatic heterocycles. The number of fused-ring (bicyclic) bond motifs is 1. The van der Waals surface area contributed by atoms with Gasteiger partial charge in [0.05, 0.1) is 11.0 Å². The first-order chi connectivity index (χ1) is 17.3. The number of imidazole rings is 1. The first-order valence-electron chi connectivity index (χ1n) is 13.4. The summed E-state index contributed by atoms with van der Waals surface area (Å²) in [5.74, 6) is 0.958. The van der Waals surface area contributed by atoms with E-state index in [1.165, 1.54) is 25.7 Å². The first-order valence-corrected chi connectivity index (χ1v) is 13.4. The minimum atomic E-state index is -0.249. The van der Waals surface area contributed by atoms with Gasteiger partial charge in [0.2, 0.25) is 5.91 Å². The lowest BCUT2D eigenvalue weighted by molar-refractivity contribution is -0.126. The van der Waals surface area contributed by atoms with Gasteiger partial charge in [0.15, 0.2) is 0 Å². The van der Waals surface area contributed by atoms with Gasteiger partial charge < -0.3 is 20.4 Å². The molecular weight excluding hydrogens is 448 g/mol. The fourth-order valence-corrected chi connectivity index (χ4v) is 5.34. The first kappa shape index (κ1) is 25.9. The predicted molar refractivity (Wildman–Crippen MR) is 148 cm³/mol. The number of nitrogens with zero attached hydrogens (tertiary/aromatic N) is 1. The summed E-state index contributed by atoms with van der Waals surface area (Å²) in [6, 6.07) is 14.0. The number of amides is 1. The van der Waals surface area contributed by atoms with E-state index >= 15 is 0 Å². The van der Waals surface area contributed by atoms with E-state index in [2.05, 4.69) is 34.4 Å². The highest BCUT2D eigenvalue weighted by atomic mass is 16.2. The molecule has 0 aliphatic heterocycles. The summed E-state index contributed by atoms with van der Waals surface area (Å²) in [5, 5.41) is 6.23. The molecule has 0 spiro atoms. The Kier molecular flexibility index (Phi) is 8.12. The van der Waals surface area contributed by atoms with E-state index in [0.717, 1.165) is 78.6 Å². The Labute approximate surface area is 214 Å². The fraction of sp³-hybridized carbons (Fsp3) is 0.500. The van der Waals surface area contributed by atoms with Crippen LogP contribution >= 0.6 is 0 Å². The molecule has 6 heteroatoms. The average molecular weight is 489 g/mol. The second-order valence-corrected chi connectivity index (χ2v) is 11.1. The van der Waals surface area contributed by atoms with E-state index in [4.69, 9.17) is 0 Å². The minimum absolute atomic E-state index is 0.0399. The van der Waals surface area contributed by atoms with Crippen molar-refractivity contribution in [2.45, 2.75) is 78.1 Å². The number of nitrogens with one attached hydrogen (secondary N) is 3. The fourth-order valence-electron chi connectivity index (χ4n) is 5.34. The SMILES string of the molecule is CC1(C=O)CCCCC1.CNc1ccc(-c2nc3ccc(NC(=O)C4(C)CCCCC4)cc3[nH]2)cc1. The minimum Gasteiger partial charge on any atom is -0.388 e. The Morgan fingerprint density at radius 2 is 1.50 bits per heavy atom. The van der Waals surface area contributed by atoms with Crippen LogP contribution in [0, 0.1) is 10.8 Å². The highest BCUT2D eigenvalue weighted by Gasteiger charge is 2.34. The van der Waals surface area contributed by atoms with Crippen LogP contribution in [0.1, 0.15) is 78.1 Å². The molecule has 1 amide bonds. The van der Waals surface area contributed by atoms with Crippen molar-refractivity contribution >= 4 is 34.6 Å². The lowest BCUT2D eigenvalue weighted by Gasteiger charge is -2.32. The lowest BCUT2D eigenvalue weighted by atomic mass is 9.75. The van der Waals surface area contributed by atoms with Gasteiger partial charge in [-0.25, -0.2) is 4.98 Å². The van der Waals surface area contributed by atoms with Crippen molar-refractivity contribution in [2.75, 3.05) is 17.7 Å². The van der Waals surface area contributed by atoms with Crippen molar-refractivity contribution in [1.82, 2.24) is 9.97 Å². The van der Waals surface area contributed by atoms with Gasteiger partial charge in [-0.2, -0.15) is 0 Å². The van der Waals surface area contributed by atoms with Crippen molar-refractivity contribution < 1.29 is 9.59 Å². The molecular formula is C30H40N4O2. The second-order valence-electron chi connectivity index (χ2n) is 11.1. The van der Waals surface area contributed by atoms with Crippen LogP contribution in [0.4, 0.5) is 11.4 Å². The molecule has 2 aliphatic rings. The Hall–Kier alpha value is -3.15. The van der Waals surface area contributed by atoms with Crippen LogP contribution in [-0.2, 0) is 9.59 Å². The van der Waals surface area contributed by atoms with E-state index in [0.29, 0.717) is 0 Å². The normalized spacial score (nSPS) is 18.5. The number of carbonyl (C=O) groups excluding carboxylic acids is 2. The number of H-pyrrole nitrogens is 1. The smallest absolute Gasteiger partial charge is 0.230 e. The van der Waals surface area contributed by atoms with Crippen LogP contribution in [-0.4, -0.2) is 29.2 Å². The van der Waals surface area contributed by atoms with Crippen molar-refractivity contribution in [3.63, 3.8) is 0 Å². The zero-order valence-electron chi connectivity index (χ0n) is 22.0. The maximum atomic E-state index is 12.8. The Bertz CT molecular complexity index is 1170. The van der Waals surface area contributed by atoms with Crippen LogP contribution < -0.4 is 10.6 Å². The summed E-state index contributed by atoms with van der Waals surface area (Å²) in [4.78, 5) is 31.3. The van der Waals surface area contributed by atoms with Gasteiger partial charge in [-0.3, -0.25) is 4.79 Å². The monoisotopic (exact) mass is 488 g/mol. The van der Waals surface area contributed by atoms with Crippen LogP contribution in [0.5, 0.6) is 0 Å². The number of anilines is 2. The molecule has 0 radical (unpaired) electrons. The van der Waals surface area contributed by atoms with Gasteiger partial charge in [0.1, 0.15) is 12.1 Å². The van der Waals surface area contributed by atoms with Gasteiger partial charge in [0, 0.05) is 34.8 Å². The highest BCUT2D eigenvalue weighted by Crippen LogP contribution is 2.37. The third-order valence-electron chi connectivity index (χ3n) is 7.97. The van der Waals surface area contributed by atoms with E-state index in [1.54, 1.807) is 0 Å². The number of aldehydes is 1. The number of benzene rings is 2. The zero-order valence-corrected chi connectivity index (χ0v) is 22.0. The quantitative estimate of drug-likeness (QED) is 0.328. The van der Waals surface area contributed by atoms with Crippen molar-refractivity contribution in [3.8, 4) is 11.4 Å². The summed E-state index contributed by atoms with van der Waals surface area (Å²) < 4.78 is 0. The van der Waals surface area contributed by atoms with Gasteiger partial charge >= 0.3 is 0 Å². The molecule has 2 saturated carbocycles. The zero-order chi connectivity index (χ0) is 25.6. The van der Waals surface area contributed by atoms with Crippen molar-refractivity contribution in [1.29, 1.82) is 0 Å². The van der Waals surface area contributed by atoms with Crippen LogP contribution in [0.3, 0.4) is 0 Å². The molecule has 3 N–H and O–H groups in total. The van der Waals surface area contributed by atoms with Gasteiger partial charge in [-0.05, 0) is 68.1 Å². The molecule has 2 aromatic carbocycles.